The summed E-state index contributed by atoms with van der Waals surface area (Å²) in [5, 5.41) is 11.8. The summed E-state index contributed by atoms with van der Waals surface area (Å²) in [7, 11) is 0. The lowest BCUT2D eigenvalue weighted by atomic mass is 10.0. The number of pyridine rings is 1. The van der Waals surface area contributed by atoms with E-state index in [1.54, 1.807) is 18.2 Å². The quantitative estimate of drug-likeness (QED) is 0.140. The maximum atomic E-state index is 13.2. The van der Waals surface area contributed by atoms with E-state index >= 15 is 0 Å². The molecule has 41 heavy (non-hydrogen) atoms. The second kappa shape index (κ2) is 12.0. The zero-order valence-corrected chi connectivity index (χ0v) is 23.0. The summed E-state index contributed by atoms with van der Waals surface area (Å²) in [4.78, 5) is 27.4. The number of benzene rings is 2. The second-order valence-electron chi connectivity index (χ2n) is 9.89. The summed E-state index contributed by atoms with van der Waals surface area (Å²) in [6, 6.07) is 9.17. The van der Waals surface area contributed by atoms with Crippen molar-refractivity contribution in [2.75, 3.05) is 18.9 Å². The average molecular weight is 608 g/mol. The molecule has 1 aromatic heterocycles. The Morgan fingerprint density at radius 2 is 1.85 bits per heavy atom. The number of carbonyl (C=O) groups excluding carboxylic acids is 2. The smallest absolute Gasteiger partial charge is 0.387 e. The Morgan fingerprint density at radius 3 is 2.54 bits per heavy atom. The number of nitrogen functional groups attached to an aromatic ring is 1. The van der Waals surface area contributed by atoms with Crippen molar-refractivity contribution in [3.63, 3.8) is 0 Å². The van der Waals surface area contributed by atoms with E-state index in [4.69, 9.17) is 38.4 Å². The van der Waals surface area contributed by atoms with Gasteiger partial charge < -0.3 is 30.1 Å². The Kier molecular flexibility index (Phi) is 8.37. The predicted molar refractivity (Wildman–Crippen MR) is 145 cm³/mol. The van der Waals surface area contributed by atoms with Crippen molar-refractivity contribution in [3.8, 4) is 11.5 Å². The molecule has 1 aliphatic carbocycles. The number of amides is 1. The van der Waals surface area contributed by atoms with Gasteiger partial charge in [0.15, 0.2) is 23.9 Å². The van der Waals surface area contributed by atoms with Gasteiger partial charge >= 0.3 is 12.6 Å². The van der Waals surface area contributed by atoms with Gasteiger partial charge in [-0.1, -0.05) is 35.3 Å². The number of aromatic nitrogens is 1. The number of fused-ring (bicyclic) bond motifs is 1. The lowest BCUT2D eigenvalue weighted by Crippen LogP contribution is -2.32. The number of hydrogen-bond donors (Lipinski definition) is 1. The van der Waals surface area contributed by atoms with Crippen molar-refractivity contribution in [1.29, 1.82) is 0 Å². The largest absolute Gasteiger partial charge is 0.619 e. The monoisotopic (exact) mass is 607 g/mol. The normalized spacial score (nSPS) is 15.1. The first-order chi connectivity index (χ1) is 19.6. The molecule has 13 heteroatoms. The first-order valence-corrected chi connectivity index (χ1v) is 13.5. The van der Waals surface area contributed by atoms with Gasteiger partial charge in [0, 0.05) is 29.8 Å². The van der Waals surface area contributed by atoms with Crippen LogP contribution in [0.3, 0.4) is 0 Å². The van der Waals surface area contributed by atoms with Crippen LogP contribution in [0.5, 0.6) is 11.5 Å². The molecule has 9 nitrogen and oxygen atoms in total. The van der Waals surface area contributed by atoms with Gasteiger partial charge in [-0.25, -0.2) is 0 Å². The molecule has 1 aliphatic heterocycles. The summed E-state index contributed by atoms with van der Waals surface area (Å²) >= 11 is 12.6. The van der Waals surface area contributed by atoms with Crippen LogP contribution in [0, 0.1) is 11.1 Å². The Labute approximate surface area is 243 Å². The molecule has 2 heterocycles. The van der Waals surface area contributed by atoms with Crippen LogP contribution < -0.4 is 19.9 Å². The minimum atomic E-state index is -3.07. The molecule has 1 amide bonds. The van der Waals surface area contributed by atoms with Gasteiger partial charge in [-0.3, -0.25) is 9.59 Å². The van der Waals surface area contributed by atoms with Crippen LogP contribution in [-0.2, 0) is 22.5 Å². The molecule has 216 valence electrons. The number of esters is 1. The first-order valence-electron chi connectivity index (χ1n) is 12.7. The van der Waals surface area contributed by atoms with Crippen molar-refractivity contribution < 1.29 is 37.3 Å². The topological polar surface area (TPSA) is 118 Å². The predicted octanol–water partition coefficient (Wildman–Crippen LogP) is 5.08. The van der Waals surface area contributed by atoms with Crippen molar-refractivity contribution in [2.24, 2.45) is 5.92 Å². The third kappa shape index (κ3) is 6.91. The second-order valence-corrected chi connectivity index (χ2v) is 10.7. The van der Waals surface area contributed by atoms with Gasteiger partial charge in [-0.2, -0.15) is 13.5 Å². The third-order valence-corrected chi connectivity index (χ3v) is 7.43. The highest BCUT2D eigenvalue weighted by Crippen LogP contribution is 2.38. The van der Waals surface area contributed by atoms with Gasteiger partial charge in [0.1, 0.15) is 22.7 Å². The number of carbonyl (C=O) groups is 2. The van der Waals surface area contributed by atoms with Crippen LogP contribution in [0.25, 0.3) is 0 Å². The van der Waals surface area contributed by atoms with Crippen molar-refractivity contribution in [1.82, 2.24) is 4.90 Å². The van der Waals surface area contributed by atoms with E-state index in [1.807, 2.05) is 0 Å². The Balaban J connectivity index is 1.41. The first kappa shape index (κ1) is 28.7. The molecule has 3 aromatic rings. The molecule has 0 radical (unpaired) electrons. The van der Waals surface area contributed by atoms with E-state index < -0.39 is 18.7 Å². The van der Waals surface area contributed by atoms with E-state index in [2.05, 4.69) is 4.74 Å². The molecule has 0 saturated heterocycles. The molecular weight excluding hydrogens is 583 g/mol. The van der Waals surface area contributed by atoms with Crippen LogP contribution in [0.15, 0.2) is 48.8 Å². The van der Waals surface area contributed by atoms with Crippen molar-refractivity contribution in [2.45, 2.75) is 38.5 Å². The highest BCUT2D eigenvalue weighted by molar-refractivity contribution is 6.35. The van der Waals surface area contributed by atoms with E-state index in [-0.39, 0.29) is 47.0 Å². The third-order valence-electron chi connectivity index (χ3n) is 6.78. The fraction of sp³-hybridized carbons (Fsp3) is 0.321. The average Bonchev–Trinajstić information content (AvgIpc) is 3.69. The number of nitrogens with zero attached hydrogens (tertiary/aromatic N) is 2. The maximum absolute atomic E-state index is 13.2. The highest BCUT2D eigenvalue weighted by atomic mass is 35.5. The molecule has 2 aromatic carbocycles. The van der Waals surface area contributed by atoms with Crippen LogP contribution >= 0.6 is 23.2 Å². The van der Waals surface area contributed by atoms with E-state index in [1.165, 1.54) is 23.1 Å². The molecule has 1 fully saturated rings. The fourth-order valence-corrected chi connectivity index (χ4v) is 5.12. The molecule has 0 bridgehead atoms. The lowest BCUT2D eigenvalue weighted by Gasteiger charge is -2.23. The van der Waals surface area contributed by atoms with E-state index in [0.29, 0.717) is 39.6 Å². The summed E-state index contributed by atoms with van der Waals surface area (Å²) in [6.45, 7) is -2.92. The summed E-state index contributed by atoms with van der Waals surface area (Å²) in [5.74, 6) is -0.887. The number of halogens is 4. The molecule has 0 unspecified atom stereocenters. The minimum absolute atomic E-state index is 0.0409. The molecule has 2 N–H and O–H groups in total. The number of nitrogens with two attached hydrogens (primary N) is 1. The van der Waals surface area contributed by atoms with Crippen LogP contribution in [-0.4, -0.2) is 36.5 Å². The Bertz CT molecular complexity index is 1460. The standard InChI is InChI=1S/C28H25Cl2F2N3O6/c29-21-11-35(38)12-22(30)20(21)9-24(16-4-6-23(41-28(31)32)25(7-16)39-14-15-1-2-15)40-26(36)13-34-10-17-3-5-18(33)8-19(17)27(34)37/h3-8,11-12,15,24,28H,1-2,9-10,13-14,33H2/t24-/m0/s1. The SMILES string of the molecule is Nc1ccc2c(c1)C(=O)N(CC(=O)O[C@@H](Cc1c(Cl)c[n+]([O-])cc1Cl)c1ccc(OC(F)F)c(OCC3CC3)c1)C2. The summed E-state index contributed by atoms with van der Waals surface area (Å²) in [6.07, 6.45) is 3.06. The zero-order chi connectivity index (χ0) is 29.3. The van der Waals surface area contributed by atoms with Gasteiger partial charge in [-0.15, -0.1) is 0 Å². The number of alkyl halides is 2. The number of ether oxygens (including phenoxy) is 3. The van der Waals surface area contributed by atoms with Crippen molar-refractivity contribution >= 4 is 40.8 Å². The summed E-state index contributed by atoms with van der Waals surface area (Å²) < 4.78 is 42.8. The molecular formula is C28H25Cl2F2N3O6. The van der Waals surface area contributed by atoms with Gasteiger partial charge in [-0.05, 0) is 54.2 Å². The molecule has 0 spiro atoms. The number of hydrogen-bond acceptors (Lipinski definition) is 7. The zero-order valence-electron chi connectivity index (χ0n) is 21.5. The van der Waals surface area contributed by atoms with Gasteiger partial charge in [0.2, 0.25) is 0 Å². The lowest BCUT2D eigenvalue weighted by molar-refractivity contribution is -0.605. The van der Waals surface area contributed by atoms with Gasteiger partial charge in [0.05, 0.1) is 6.61 Å². The minimum Gasteiger partial charge on any atom is -0.619 e. The van der Waals surface area contributed by atoms with Crippen LogP contribution in [0.1, 0.15) is 46.0 Å². The number of anilines is 1. The molecule has 2 aliphatic rings. The van der Waals surface area contributed by atoms with Crippen molar-refractivity contribution in [3.05, 3.63) is 86.3 Å². The Morgan fingerprint density at radius 1 is 1.12 bits per heavy atom. The molecule has 1 saturated carbocycles. The van der Waals surface area contributed by atoms with Gasteiger partial charge in [0.25, 0.3) is 5.91 Å². The number of rotatable bonds is 11. The summed E-state index contributed by atoms with van der Waals surface area (Å²) in [5.41, 5.74) is 8.07. The maximum Gasteiger partial charge on any atom is 0.387 e. The molecule has 1 atom stereocenters. The van der Waals surface area contributed by atoms with E-state index in [0.717, 1.165) is 30.8 Å². The fourth-order valence-electron chi connectivity index (χ4n) is 4.52. The molecule has 5 rings (SSSR count). The van der Waals surface area contributed by atoms with E-state index in [9.17, 15) is 23.6 Å². The van der Waals surface area contributed by atoms with Crippen LogP contribution in [0.2, 0.25) is 10.0 Å². The van der Waals surface area contributed by atoms with Crippen LogP contribution in [0.4, 0.5) is 14.5 Å². The highest BCUT2D eigenvalue weighted by Gasteiger charge is 2.31. The Hall–Kier alpha value is -3.83.